The van der Waals surface area contributed by atoms with Crippen molar-refractivity contribution in [1.29, 1.82) is 0 Å². The molecule has 0 aliphatic carbocycles. The fraction of sp³-hybridized carbons (Fsp3) is 0.0476. The number of aliphatic carboxylic acids is 1. The molecule has 2 heterocycles. The number of amides is 1. The second-order valence-electron chi connectivity index (χ2n) is 6.39. The molecule has 4 rings (SSSR count). The minimum Gasteiger partial charge on any atom is -0.480 e. The summed E-state index contributed by atoms with van der Waals surface area (Å²) in [5.41, 5.74) is 0.254. The van der Waals surface area contributed by atoms with Gasteiger partial charge >= 0.3 is 5.97 Å². The van der Waals surface area contributed by atoms with Crippen LogP contribution >= 0.6 is 0 Å². The van der Waals surface area contributed by atoms with E-state index in [4.69, 9.17) is 4.52 Å². The third-order valence-electron chi connectivity index (χ3n) is 4.27. The van der Waals surface area contributed by atoms with Gasteiger partial charge in [0, 0.05) is 11.1 Å². The number of carbonyl (C=O) groups is 2. The molecular formula is C21H15N5O5. The zero-order chi connectivity index (χ0) is 21.8. The van der Waals surface area contributed by atoms with Crippen LogP contribution < -0.4 is 10.9 Å². The third-order valence-corrected chi connectivity index (χ3v) is 4.27. The highest BCUT2D eigenvalue weighted by Crippen LogP contribution is 2.18. The summed E-state index contributed by atoms with van der Waals surface area (Å²) in [5.74, 6) is -1.99. The van der Waals surface area contributed by atoms with Crippen LogP contribution in [0.15, 0.2) is 76.2 Å². The number of carboxylic acids is 1. The van der Waals surface area contributed by atoms with Crippen molar-refractivity contribution >= 4 is 17.6 Å². The van der Waals surface area contributed by atoms with Gasteiger partial charge in [0.2, 0.25) is 0 Å². The van der Waals surface area contributed by atoms with Crippen molar-refractivity contribution in [3.63, 3.8) is 0 Å². The van der Waals surface area contributed by atoms with Crippen molar-refractivity contribution in [2.75, 3.05) is 5.32 Å². The van der Waals surface area contributed by atoms with Gasteiger partial charge in [-0.3, -0.25) is 19.0 Å². The fourth-order valence-corrected chi connectivity index (χ4v) is 2.87. The first-order valence-electron chi connectivity index (χ1n) is 9.10. The predicted octanol–water partition coefficient (Wildman–Crippen LogP) is 2.30. The van der Waals surface area contributed by atoms with Crippen molar-refractivity contribution in [3.05, 3.63) is 83.0 Å². The molecule has 0 bridgehead atoms. The van der Waals surface area contributed by atoms with Gasteiger partial charge in [0.25, 0.3) is 23.2 Å². The number of carboxylic acid groups (broad SMARTS) is 1. The van der Waals surface area contributed by atoms with E-state index in [0.717, 1.165) is 4.57 Å². The van der Waals surface area contributed by atoms with Crippen LogP contribution in [0.2, 0.25) is 0 Å². The van der Waals surface area contributed by atoms with Crippen LogP contribution in [0.1, 0.15) is 10.6 Å². The lowest BCUT2D eigenvalue weighted by Gasteiger charge is -2.12. The van der Waals surface area contributed by atoms with Gasteiger partial charge in [0.05, 0.1) is 6.20 Å². The standard InChI is InChI=1S/C21H15N5O5/c27-16(28)12-26-18(13-7-3-1-4-8-13)22-11-15(21(26)30)23-19(29)17-24-20(31-25-17)14-9-5-2-6-10-14/h1-11H,12H2,(H,23,29)(H,27,28). The quantitative estimate of drug-likeness (QED) is 0.487. The van der Waals surface area contributed by atoms with E-state index in [9.17, 15) is 19.5 Å². The zero-order valence-corrected chi connectivity index (χ0v) is 15.9. The number of carbonyl (C=O) groups excluding carboxylic acids is 1. The molecule has 0 unspecified atom stereocenters. The summed E-state index contributed by atoms with van der Waals surface area (Å²) in [6.45, 7) is -0.625. The van der Waals surface area contributed by atoms with Gasteiger partial charge < -0.3 is 14.9 Å². The maximum absolute atomic E-state index is 12.9. The van der Waals surface area contributed by atoms with Gasteiger partial charge in [-0.15, -0.1) is 0 Å². The first-order chi connectivity index (χ1) is 15.0. The van der Waals surface area contributed by atoms with Crippen LogP contribution in [0.5, 0.6) is 0 Å². The molecule has 0 atom stereocenters. The van der Waals surface area contributed by atoms with E-state index >= 15 is 0 Å². The zero-order valence-electron chi connectivity index (χ0n) is 15.9. The fourth-order valence-electron chi connectivity index (χ4n) is 2.87. The van der Waals surface area contributed by atoms with E-state index in [-0.39, 0.29) is 23.2 Å². The number of benzene rings is 2. The van der Waals surface area contributed by atoms with Crippen molar-refractivity contribution in [3.8, 4) is 22.8 Å². The van der Waals surface area contributed by atoms with E-state index < -0.39 is 24.0 Å². The van der Waals surface area contributed by atoms with Gasteiger partial charge in [0.15, 0.2) is 0 Å². The second-order valence-corrected chi connectivity index (χ2v) is 6.39. The summed E-state index contributed by atoms with van der Waals surface area (Å²) in [5, 5.41) is 15.2. The molecule has 0 saturated carbocycles. The number of aromatic nitrogens is 4. The Morgan fingerprint density at radius 2 is 1.65 bits per heavy atom. The van der Waals surface area contributed by atoms with Gasteiger partial charge in [-0.2, -0.15) is 4.98 Å². The Kier molecular flexibility index (Phi) is 5.35. The Morgan fingerprint density at radius 1 is 1.00 bits per heavy atom. The summed E-state index contributed by atoms with van der Waals surface area (Å²) in [6, 6.07) is 17.5. The van der Waals surface area contributed by atoms with Gasteiger partial charge in [0.1, 0.15) is 18.1 Å². The second kappa shape index (κ2) is 8.41. The average Bonchev–Trinajstić information content (AvgIpc) is 3.28. The van der Waals surface area contributed by atoms with Gasteiger partial charge in [-0.1, -0.05) is 53.7 Å². The summed E-state index contributed by atoms with van der Waals surface area (Å²) in [7, 11) is 0. The summed E-state index contributed by atoms with van der Waals surface area (Å²) < 4.78 is 6.07. The van der Waals surface area contributed by atoms with Crippen LogP contribution in [0.25, 0.3) is 22.8 Å². The minimum atomic E-state index is -1.23. The lowest BCUT2D eigenvalue weighted by Crippen LogP contribution is -2.30. The van der Waals surface area contributed by atoms with Gasteiger partial charge in [-0.25, -0.2) is 4.98 Å². The van der Waals surface area contributed by atoms with Crippen molar-refractivity contribution < 1.29 is 19.2 Å². The smallest absolute Gasteiger partial charge is 0.323 e. The lowest BCUT2D eigenvalue weighted by molar-refractivity contribution is -0.137. The lowest BCUT2D eigenvalue weighted by atomic mass is 10.2. The SMILES string of the molecule is O=C(O)Cn1c(-c2ccccc2)ncc(NC(=O)c2noc(-c3ccccc3)n2)c1=O. The number of hydrogen-bond donors (Lipinski definition) is 2. The topological polar surface area (TPSA) is 140 Å². The molecule has 10 nitrogen and oxygen atoms in total. The first-order valence-corrected chi connectivity index (χ1v) is 9.10. The molecule has 0 saturated heterocycles. The molecule has 4 aromatic rings. The number of nitrogens with zero attached hydrogens (tertiary/aromatic N) is 4. The normalized spacial score (nSPS) is 10.6. The molecular weight excluding hydrogens is 402 g/mol. The molecule has 2 N–H and O–H groups in total. The highest BCUT2D eigenvalue weighted by molar-refractivity contribution is 6.01. The first kappa shape index (κ1) is 19.7. The van der Waals surface area contributed by atoms with Crippen LogP contribution in [0, 0.1) is 0 Å². The van der Waals surface area contributed by atoms with Crippen molar-refractivity contribution in [2.24, 2.45) is 0 Å². The monoisotopic (exact) mass is 417 g/mol. The molecule has 0 fully saturated rings. The number of nitrogens with one attached hydrogen (secondary N) is 1. The predicted molar refractivity (Wildman–Crippen MR) is 109 cm³/mol. The number of hydrogen-bond acceptors (Lipinski definition) is 7. The molecule has 0 aliphatic heterocycles. The third kappa shape index (κ3) is 4.22. The van der Waals surface area contributed by atoms with Crippen LogP contribution in [-0.2, 0) is 11.3 Å². The highest BCUT2D eigenvalue weighted by Gasteiger charge is 2.20. The summed E-state index contributed by atoms with van der Waals surface area (Å²) >= 11 is 0. The minimum absolute atomic E-state index is 0.145. The van der Waals surface area contributed by atoms with E-state index in [1.54, 1.807) is 54.6 Å². The van der Waals surface area contributed by atoms with Gasteiger partial charge in [-0.05, 0) is 12.1 Å². The average molecular weight is 417 g/mol. The molecule has 1 amide bonds. The highest BCUT2D eigenvalue weighted by atomic mass is 16.5. The van der Waals surface area contributed by atoms with E-state index in [0.29, 0.717) is 11.1 Å². The van der Waals surface area contributed by atoms with Crippen LogP contribution in [-0.4, -0.2) is 36.7 Å². The maximum atomic E-state index is 12.9. The van der Waals surface area contributed by atoms with Crippen LogP contribution in [0.4, 0.5) is 5.69 Å². The Morgan fingerprint density at radius 3 is 2.29 bits per heavy atom. The Hall–Kier alpha value is -4.60. The summed E-state index contributed by atoms with van der Waals surface area (Å²) in [6.07, 6.45) is 1.17. The molecule has 0 radical (unpaired) electrons. The van der Waals surface area contributed by atoms with Crippen molar-refractivity contribution in [1.82, 2.24) is 19.7 Å². The Bertz CT molecular complexity index is 1300. The Balaban J connectivity index is 1.64. The van der Waals surface area contributed by atoms with E-state index in [2.05, 4.69) is 20.4 Å². The largest absolute Gasteiger partial charge is 0.480 e. The van der Waals surface area contributed by atoms with E-state index in [1.165, 1.54) is 6.20 Å². The molecule has 154 valence electrons. The maximum Gasteiger partial charge on any atom is 0.323 e. The molecule has 0 spiro atoms. The van der Waals surface area contributed by atoms with Crippen molar-refractivity contribution in [2.45, 2.75) is 6.54 Å². The molecule has 10 heteroatoms. The molecule has 2 aromatic heterocycles. The van der Waals surface area contributed by atoms with E-state index in [1.807, 2.05) is 6.07 Å². The molecule has 2 aromatic carbocycles. The molecule has 31 heavy (non-hydrogen) atoms. The Labute approximate surface area is 174 Å². The van der Waals surface area contributed by atoms with Crippen LogP contribution in [0.3, 0.4) is 0 Å². The molecule has 0 aliphatic rings. The number of anilines is 1. The summed E-state index contributed by atoms with van der Waals surface area (Å²) in [4.78, 5) is 44.9. The number of rotatable bonds is 6.